The summed E-state index contributed by atoms with van der Waals surface area (Å²) in [4.78, 5) is 4.22. The van der Waals surface area contributed by atoms with E-state index in [0.717, 1.165) is 5.17 Å². The number of hydrogen-bond acceptors (Lipinski definition) is 4. The Morgan fingerprint density at radius 2 is 2.21 bits per heavy atom. The van der Waals surface area contributed by atoms with Crippen LogP contribution in [0.2, 0.25) is 0 Å². The Balaban J connectivity index is 0.00000169. The van der Waals surface area contributed by atoms with E-state index in [-0.39, 0.29) is 25.6 Å². The van der Waals surface area contributed by atoms with E-state index in [1.165, 1.54) is 0 Å². The molecule has 1 aliphatic heterocycles. The maximum atomic E-state index is 9.08. The summed E-state index contributed by atoms with van der Waals surface area (Å²) in [6.45, 7) is 4.11. The normalized spacial score (nSPS) is 22.0. The van der Waals surface area contributed by atoms with Gasteiger partial charge in [-0.3, -0.25) is 5.32 Å². The van der Waals surface area contributed by atoms with Crippen molar-refractivity contribution in [3.05, 3.63) is 12.7 Å². The summed E-state index contributed by atoms with van der Waals surface area (Å²) in [5.41, 5.74) is -0.468. The monoisotopic (exact) mass is 238 g/mol. The van der Waals surface area contributed by atoms with Gasteiger partial charge in [0.2, 0.25) is 0 Å². The fourth-order valence-corrected chi connectivity index (χ4v) is 2.24. The van der Waals surface area contributed by atoms with E-state index in [1.54, 1.807) is 17.8 Å². The van der Waals surface area contributed by atoms with E-state index < -0.39 is 5.54 Å². The Morgan fingerprint density at radius 3 is 2.64 bits per heavy atom. The van der Waals surface area contributed by atoms with Crippen molar-refractivity contribution >= 4 is 16.9 Å². The van der Waals surface area contributed by atoms with Crippen LogP contribution in [0.1, 0.15) is 0 Å². The van der Waals surface area contributed by atoms with Gasteiger partial charge in [0.15, 0.2) is 5.54 Å². The molecule has 4 nitrogen and oxygen atoms in total. The van der Waals surface area contributed by atoms with Crippen molar-refractivity contribution in [3.63, 3.8) is 0 Å². The highest BCUT2D eigenvalue weighted by Crippen LogP contribution is 2.15. The third-order valence-corrected chi connectivity index (χ3v) is 3.21. The van der Waals surface area contributed by atoms with Crippen LogP contribution < -0.4 is 17.7 Å². The third kappa shape index (κ3) is 3.25. The second-order valence-corrected chi connectivity index (χ2v) is 4.07. The molecule has 1 fully saturated rings. The van der Waals surface area contributed by atoms with Crippen LogP contribution in [0.5, 0.6) is 0 Å². The number of nitrogens with two attached hydrogens (primary N) is 1. The number of hydrogen-bond donors (Lipinski definition) is 3. The number of aliphatic hydroxyl groups excluding tert-OH is 2. The molecule has 0 spiro atoms. The summed E-state index contributed by atoms with van der Waals surface area (Å²) < 4.78 is 0. The summed E-state index contributed by atoms with van der Waals surface area (Å²) in [5.74, 6) is 0.704. The summed E-state index contributed by atoms with van der Waals surface area (Å²) in [5, 5.41) is 20.9. The first-order valence-electron chi connectivity index (χ1n) is 4.12. The fourth-order valence-electron chi connectivity index (χ4n) is 1.04. The second kappa shape index (κ2) is 6.42. The molecular weight excluding hydrogens is 224 g/mol. The zero-order valence-corrected chi connectivity index (χ0v) is 9.39. The molecule has 0 radical (unpaired) electrons. The fraction of sp³-hybridized carbons (Fsp3) is 0.625. The van der Waals surface area contributed by atoms with E-state index in [0.29, 0.717) is 12.3 Å². The molecule has 4 N–H and O–H groups in total. The second-order valence-electron chi connectivity index (χ2n) is 3.08. The number of quaternary nitrogens is 1. The van der Waals surface area contributed by atoms with Crippen LogP contribution in [-0.2, 0) is 0 Å². The first-order chi connectivity index (χ1) is 6.26. The van der Waals surface area contributed by atoms with Crippen LogP contribution in [0.25, 0.3) is 0 Å². The van der Waals surface area contributed by atoms with Crippen LogP contribution in [0.3, 0.4) is 0 Å². The van der Waals surface area contributed by atoms with Crippen molar-refractivity contribution in [3.8, 4) is 0 Å². The minimum Gasteiger partial charge on any atom is -1.00 e. The zero-order chi connectivity index (χ0) is 9.73. The van der Waals surface area contributed by atoms with Crippen LogP contribution in [-0.4, -0.2) is 46.4 Å². The Labute approximate surface area is 93.9 Å². The van der Waals surface area contributed by atoms with E-state index in [1.807, 2.05) is 5.32 Å². The van der Waals surface area contributed by atoms with Gasteiger partial charge in [0, 0.05) is 0 Å². The van der Waals surface area contributed by atoms with Gasteiger partial charge in [0.05, 0.1) is 12.3 Å². The Hall–Kier alpha value is -0.0700. The maximum Gasteiger partial charge on any atom is 0.256 e. The molecule has 0 bridgehead atoms. The molecular formula is C8H15ClN2O2S. The van der Waals surface area contributed by atoms with Crippen LogP contribution >= 0.6 is 11.8 Å². The van der Waals surface area contributed by atoms with Crippen molar-refractivity contribution in [2.45, 2.75) is 5.54 Å². The molecule has 1 aliphatic rings. The first-order valence-corrected chi connectivity index (χ1v) is 5.11. The van der Waals surface area contributed by atoms with Crippen molar-refractivity contribution in [2.24, 2.45) is 4.99 Å². The zero-order valence-electron chi connectivity index (χ0n) is 7.82. The highest BCUT2D eigenvalue weighted by molar-refractivity contribution is 8.13. The summed E-state index contributed by atoms with van der Waals surface area (Å²) in [6.07, 6.45) is 1.72. The standard InChI is InChI=1S/C8H14N2O2S.ClH/c1-2-3-9-7-10-8(4-11,5-12)6-13-7;/h2,11-12H,1,3-6H2,(H,9,10);1H. The van der Waals surface area contributed by atoms with E-state index in [9.17, 15) is 0 Å². The molecule has 14 heavy (non-hydrogen) atoms. The SMILES string of the molecule is C=CCN=C1[NH2+]C(CO)(CO)CS1.[Cl-]. The summed E-state index contributed by atoms with van der Waals surface area (Å²) in [7, 11) is 0. The number of halogens is 1. The van der Waals surface area contributed by atoms with Gasteiger partial charge in [-0.2, -0.15) is 0 Å². The van der Waals surface area contributed by atoms with E-state index in [2.05, 4.69) is 11.6 Å². The van der Waals surface area contributed by atoms with Gasteiger partial charge < -0.3 is 22.6 Å². The number of aliphatic hydroxyl groups is 2. The number of rotatable bonds is 4. The summed E-state index contributed by atoms with van der Waals surface area (Å²) in [6, 6.07) is 0. The predicted octanol–water partition coefficient (Wildman–Crippen LogP) is -4.43. The van der Waals surface area contributed by atoms with Gasteiger partial charge >= 0.3 is 0 Å². The number of amidine groups is 1. The molecule has 1 rings (SSSR count). The number of nitrogens with zero attached hydrogens (tertiary/aromatic N) is 1. The van der Waals surface area contributed by atoms with Gasteiger partial charge in [-0.15, -0.1) is 6.58 Å². The Morgan fingerprint density at radius 1 is 1.57 bits per heavy atom. The van der Waals surface area contributed by atoms with Crippen LogP contribution in [0.15, 0.2) is 17.6 Å². The van der Waals surface area contributed by atoms with Crippen molar-refractivity contribution < 1.29 is 27.9 Å². The minimum atomic E-state index is -0.468. The van der Waals surface area contributed by atoms with Crippen molar-refractivity contribution in [1.29, 1.82) is 0 Å². The molecule has 1 heterocycles. The maximum absolute atomic E-state index is 9.08. The Kier molecular flexibility index (Phi) is 6.39. The molecule has 0 aromatic carbocycles. The molecule has 0 aromatic heterocycles. The summed E-state index contributed by atoms with van der Waals surface area (Å²) >= 11 is 1.57. The average Bonchev–Trinajstić information content (AvgIpc) is 2.59. The lowest BCUT2D eigenvalue weighted by molar-refractivity contribution is -0.617. The minimum absolute atomic E-state index is 0. The largest absolute Gasteiger partial charge is 1.00 e. The Bertz CT molecular complexity index is 219. The van der Waals surface area contributed by atoms with Gasteiger partial charge in [-0.25, -0.2) is 4.99 Å². The molecule has 0 atom stereocenters. The van der Waals surface area contributed by atoms with Gasteiger partial charge in [-0.05, 0) is 11.8 Å². The molecule has 0 saturated carbocycles. The van der Waals surface area contributed by atoms with Crippen LogP contribution in [0.4, 0.5) is 0 Å². The molecule has 0 aliphatic carbocycles. The van der Waals surface area contributed by atoms with E-state index in [4.69, 9.17) is 10.2 Å². The van der Waals surface area contributed by atoms with E-state index >= 15 is 0 Å². The van der Waals surface area contributed by atoms with Gasteiger partial charge in [0.1, 0.15) is 13.2 Å². The lowest BCUT2D eigenvalue weighted by atomic mass is 10.1. The molecule has 82 valence electrons. The highest BCUT2D eigenvalue weighted by atomic mass is 35.5. The quantitative estimate of drug-likeness (QED) is 0.433. The van der Waals surface area contributed by atoms with Gasteiger partial charge in [0.25, 0.3) is 5.17 Å². The highest BCUT2D eigenvalue weighted by Gasteiger charge is 2.41. The average molecular weight is 239 g/mol. The van der Waals surface area contributed by atoms with Gasteiger partial charge in [-0.1, -0.05) is 6.08 Å². The number of thioether (sulfide) groups is 1. The smallest absolute Gasteiger partial charge is 0.256 e. The lowest BCUT2D eigenvalue weighted by Gasteiger charge is -2.17. The molecule has 0 unspecified atom stereocenters. The third-order valence-electron chi connectivity index (χ3n) is 1.94. The first kappa shape index (κ1) is 13.9. The molecule has 0 amide bonds. The lowest BCUT2D eigenvalue weighted by Crippen LogP contribution is -3.00. The topological polar surface area (TPSA) is 69.4 Å². The number of aliphatic imine (C=N–C) groups is 1. The van der Waals surface area contributed by atoms with Crippen molar-refractivity contribution in [2.75, 3.05) is 25.5 Å². The molecule has 1 saturated heterocycles. The van der Waals surface area contributed by atoms with Crippen LogP contribution in [0, 0.1) is 0 Å². The van der Waals surface area contributed by atoms with Crippen molar-refractivity contribution in [1.82, 2.24) is 0 Å². The molecule has 6 heteroatoms. The molecule has 0 aromatic rings. The predicted molar refractivity (Wildman–Crippen MR) is 53.8 cm³/mol.